The highest BCUT2D eigenvalue weighted by atomic mass is 127. The van der Waals surface area contributed by atoms with Gasteiger partial charge in [0.2, 0.25) is 0 Å². The number of aliphatic hydroxyl groups excluding tert-OH is 2. The molecule has 0 aromatic carbocycles. The molecule has 0 heterocycles. The van der Waals surface area contributed by atoms with Gasteiger partial charge in [0.05, 0.1) is 19.8 Å². The molecule has 0 aliphatic rings. The van der Waals surface area contributed by atoms with E-state index in [0.29, 0.717) is 10.5 Å². The highest BCUT2D eigenvalue weighted by molar-refractivity contribution is 14.1. The summed E-state index contributed by atoms with van der Waals surface area (Å²) in [6.45, 7) is 2.64. The Kier molecular flexibility index (Phi) is 6.71. The van der Waals surface area contributed by atoms with Crippen molar-refractivity contribution in [3.63, 3.8) is 0 Å². The second kappa shape index (κ2) is 6.33. The first-order valence-corrected chi connectivity index (χ1v) is 4.42. The lowest BCUT2D eigenvalue weighted by atomic mass is 10.4. The lowest BCUT2D eigenvalue weighted by Gasteiger charge is -2.08. The van der Waals surface area contributed by atoms with Gasteiger partial charge in [-0.15, -0.1) is 0 Å². The first-order chi connectivity index (χ1) is 4.66. The molecular formula is C6H13IO3. The molecule has 0 saturated carbocycles. The fourth-order valence-corrected chi connectivity index (χ4v) is 0.673. The predicted octanol–water partition coefficient (Wildman–Crippen LogP) is 0.180. The number of alkyl halides is 1. The van der Waals surface area contributed by atoms with Crippen LogP contribution in [0.5, 0.6) is 0 Å². The standard InChI is InChI=1S/C6H13IO3/c1-5(7)3-10-4-6(9)2-8/h5-6,8-9H,2-4H2,1H3. The summed E-state index contributed by atoms with van der Waals surface area (Å²) in [6, 6.07) is 0. The Morgan fingerprint density at radius 2 is 2.10 bits per heavy atom. The minimum atomic E-state index is -0.727. The summed E-state index contributed by atoms with van der Waals surface area (Å²) in [7, 11) is 0. The van der Waals surface area contributed by atoms with E-state index in [9.17, 15) is 0 Å². The van der Waals surface area contributed by atoms with Crippen LogP contribution in [-0.4, -0.2) is 40.1 Å². The molecule has 0 aliphatic heterocycles. The van der Waals surface area contributed by atoms with Gasteiger partial charge in [0, 0.05) is 3.92 Å². The average molecular weight is 260 g/mol. The van der Waals surface area contributed by atoms with Crippen LogP contribution < -0.4 is 0 Å². The van der Waals surface area contributed by atoms with E-state index >= 15 is 0 Å². The van der Waals surface area contributed by atoms with Gasteiger partial charge in [0.15, 0.2) is 0 Å². The maximum absolute atomic E-state index is 8.79. The smallest absolute Gasteiger partial charge is 0.100 e. The summed E-state index contributed by atoms with van der Waals surface area (Å²) in [4.78, 5) is 0. The zero-order valence-corrected chi connectivity index (χ0v) is 8.11. The summed E-state index contributed by atoms with van der Waals surface area (Å²) < 4.78 is 5.48. The molecule has 2 atom stereocenters. The van der Waals surface area contributed by atoms with E-state index in [1.54, 1.807) is 0 Å². The van der Waals surface area contributed by atoms with Crippen LogP contribution >= 0.6 is 22.6 Å². The van der Waals surface area contributed by atoms with Crippen molar-refractivity contribution < 1.29 is 14.9 Å². The van der Waals surface area contributed by atoms with Gasteiger partial charge in [-0.2, -0.15) is 0 Å². The van der Waals surface area contributed by atoms with Gasteiger partial charge in [-0.1, -0.05) is 29.5 Å². The topological polar surface area (TPSA) is 49.7 Å². The molecule has 62 valence electrons. The van der Waals surface area contributed by atoms with E-state index in [1.807, 2.05) is 6.92 Å². The van der Waals surface area contributed by atoms with Gasteiger partial charge in [0.1, 0.15) is 6.10 Å². The molecule has 0 aromatic heterocycles. The van der Waals surface area contributed by atoms with Crippen molar-refractivity contribution in [1.29, 1.82) is 0 Å². The van der Waals surface area contributed by atoms with Gasteiger partial charge >= 0.3 is 0 Å². The third kappa shape index (κ3) is 6.73. The Morgan fingerprint density at radius 1 is 1.50 bits per heavy atom. The van der Waals surface area contributed by atoms with E-state index in [2.05, 4.69) is 22.6 Å². The Bertz CT molecular complexity index is 77.4. The molecule has 0 aromatic rings. The molecule has 2 N–H and O–H groups in total. The minimum Gasteiger partial charge on any atom is -0.394 e. The molecule has 0 spiro atoms. The molecule has 0 fully saturated rings. The van der Waals surface area contributed by atoms with E-state index in [-0.39, 0.29) is 13.2 Å². The number of hydrogen-bond acceptors (Lipinski definition) is 3. The van der Waals surface area contributed by atoms with Gasteiger partial charge in [-0.25, -0.2) is 0 Å². The van der Waals surface area contributed by atoms with Crippen LogP contribution in [0.15, 0.2) is 0 Å². The first kappa shape index (κ1) is 10.6. The summed E-state index contributed by atoms with van der Waals surface area (Å²) in [5.41, 5.74) is 0. The van der Waals surface area contributed by atoms with Crippen LogP contribution in [0.4, 0.5) is 0 Å². The third-order valence-corrected chi connectivity index (χ3v) is 1.23. The second-order valence-electron chi connectivity index (χ2n) is 2.15. The molecule has 10 heavy (non-hydrogen) atoms. The molecule has 0 bridgehead atoms. The van der Waals surface area contributed by atoms with Gasteiger partial charge in [0.25, 0.3) is 0 Å². The lowest BCUT2D eigenvalue weighted by Crippen LogP contribution is -2.21. The van der Waals surface area contributed by atoms with Crippen LogP contribution in [0, 0.1) is 0 Å². The summed E-state index contributed by atoms with van der Waals surface area (Å²) in [6.07, 6.45) is -0.727. The quantitative estimate of drug-likeness (QED) is 0.547. The second-order valence-corrected chi connectivity index (χ2v) is 4.28. The minimum absolute atomic E-state index is 0.226. The normalized spacial score (nSPS) is 16.8. The molecule has 0 amide bonds. The number of ether oxygens (including phenoxy) is 1. The van der Waals surface area contributed by atoms with Crippen LogP contribution in [-0.2, 0) is 4.74 Å². The number of halogens is 1. The Labute approximate surface area is 74.5 Å². The number of aliphatic hydroxyl groups is 2. The Morgan fingerprint density at radius 3 is 2.50 bits per heavy atom. The molecule has 0 saturated heterocycles. The highest BCUT2D eigenvalue weighted by Gasteiger charge is 2.02. The van der Waals surface area contributed by atoms with Crippen LogP contribution in [0.25, 0.3) is 0 Å². The number of hydrogen-bond donors (Lipinski definition) is 2. The van der Waals surface area contributed by atoms with Gasteiger partial charge < -0.3 is 14.9 Å². The lowest BCUT2D eigenvalue weighted by molar-refractivity contribution is 0.00824. The van der Waals surface area contributed by atoms with Crippen LogP contribution in [0.2, 0.25) is 0 Å². The van der Waals surface area contributed by atoms with Crippen LogP contribution in [0.1, 0.15) is 6.92 Å². The summed E-state index contributed by atoms with van der Waals surface area (Å²) in [5.74, 6) is 0. The van der Waals surface area contributed by atoms with Gasteiger partial charge in [-0.05, 0) is 0 Å². The van der Waals surface area contributed by atoms with Crippen molar-refractivity contribution in [2.45, 2.75) is 17.0 Å². The summed E-state index contributed by atoms with van der Waals surface area (Å²) in [5, 5.41) is 17.2. The van der Waals surface area contributed by atoms with Crippen molar-refractivity contribution in [1.82, 2.24) is 0 Å². The Hall–Kier alpha value is 0.610. The highest BCUT2D eigenvalue weighted by Crippen LogP contribution is 1.98. The molecule has 3 nitrogen and oxygen atoms in total. The number of rotatable bonds is 5. The molecular weight excluding hydrogens is 247 g/mol. The SMILES string of the molecule is CC(I)COCC(O)CO. The average Bonchev–Trinajstić information content (AvgIpc) is 1.87. The largest absolute Gasteiger partial charge is 0.394 e. The van der Waals surface area contributed by atoms with Crippen molar-refractivity contribution >= 4 is 22.6 Å². The Balaban J connectivity index is 3.03. The third-order valence-electron chi connectivity index (χ3n) is 0.868. The predicted molar refractivity (Wildman–Crippen MR) is 47.4 cm³/mol. The molecule has 0 rings (SSSR count). The van der Waals surface area contributed by atoms with Crippen molar-refractivity contribution in [2.75, 3.05) is 19.8 Å². The van der Waals surface area contributed by atoms with E-state index in [4.69, 9.17) is 14.9 Å². The van der Waals surface area contributed by atoms with Crippen molar-refractivity contribution in [2.24, 2.45) is 0 Å². The molecule has 0 radical (unpaired) electrons. The first-order valence-electron chi connectivity index (χ1n) is 3.17. The fraction of sp³-hybridized carbons (Fsp3) is 1.00. The monoisotopic (exact) mass is 260 g/mol. The molecule has 4 heteroatoms. The maximum atomic E-state index is 8.79. The zero-order chi connectivity index (χ0) is 7.98. The van der Waals surface area contributed by atoms with E-state index in [0.717, 1.165) is 0 Å². The maximum Gasteiger partial charge on any atom is 0.100 e. The summed E-state index contributed by atoms with van der Waals surface area (Å²) >= 11 is 2.23. The molecule has 0 aliphatic carbocycles. The van der Waals surface area contributed by atoms with Crippen molar-refractivity contribution in [3.05, 3.63) is 0 Å². The fourth-order valence-electron chi connectivity index (χ4n) is 0.419. The zero-order valence-electron chi connectivity index (χ0n) is 5.96. The van der Waals surface area contributed by atoms with Crippen LogP contribution in [0.3, 0.4) is 0 Å². The molecule has 2 unspecified atom stereocenters. The van der Waals surface area contributed by atoms with Crippen molar-refractivity contribution in [3.8, 4) is 0 Å². The van der Waals surface area contributed by atoms with Gasteiger partial charge in [-0.3, -0.25) is 0 Å². The van der Waals surface area contributed by atoms with E-state index < -0.39 is 6.10 Å². The van der Waals surface area contributed by atoms with E-state index in [1.165, 1.54) is 0 Å².